The second kappa shape index (κ2) is 7.66. The molecule has 124 valence electrons. The molecule has 24 heavy (non-hydrogen) atoms. The molecule has 1 heterocycles. The molecule has 0 radical (unpaired) electrons. The van der Waals surface area contributed by atoms with Crippen LogP contribution in [0.2, 0.25) is 0 Å². The van der Waals surface area contributed by atoms with Crippen molar-refractivity contribution >= 4 is 11.5 Å². The first-order valence-corrected chi connectivity index (χ1v) is 7.81. The fourth-order valence-corrected chi connectivity index (χ4v) is 2.49. The number of carbonyl (C=O) groups is 1. The molecule has 0 amide bonds. The monoisotopic (exact) mass is 325 g/mol. The Morgan fingerprint density at radius 1 is 1.08 bits per heavy atom. The van der Waals surface area contributed by atoms with Crippen LogP contribution in [-0.2, 0) is 20.8 Å². The maximum Gasteiger partial charge on any atom is 0.342 e. The van der Waals surface area contributed by atoms with Gasteiger partial charge in [0.15, 0.2) is 0 Å². The van der Waals surface area contributed by atoms with Crippen molar-refractivity contribution in [2.24, 2.45) is 0 Å². The Labute approximate surface area is 140 Å². The number of benzene rings is 2. The van der Waals surface area contributed by atoms with Crippen LogP contribution in [-0.4, -0.2) is 30.8 Å². The summed E-state index contributed by atoms with van der Waals surface area (Å²) in [5, 5.41) is 12.6. The smallest absolute Gasteiger partial charge is 0.342 e. The van der Waals surface area contributed by atoms with Gasteiger partial charge in [0.1, 0.15) is 30.3 Å². The largest absolute Gasteiger partial charge is 0.508 e. The summed E-state index contributed by atoms with van der Waals surface area (Å²) in [5.41, 5.74) is 2.32. The van der Waals surface area contributed by atoms with Gasteiger partial charge >= 0.3 is 5.97 Å². The summed E-state index contributed by atoms with van der Waals surface area (Å²) in [6.45, 7) is 2.02. The van der Waals surface area contributed by atoms with Gasteiger partial charge in [-0.25, -0.2) is 4.79 Å². The van der Waals surface area contributed by atoms with Crippen LogP contribution in [0.3, 0.4) is 0 Å². The van der Waals surface area contributed by atoms with E-state index >= 15 is 0 Å². The van der Waals surface area contributed by atoms with Crippen LogP contribution < -0.4 is 5.32 Å². The lowest BCUT2D eigenvalue weighted by Gasteiger charge is -2.09. The molecule has 5 nitrogen and oxygen atoms in total. The minimum absolute atomic E-state index is 0.147. The molecular formula is C19H19NO4. The number of rotatable bonds is 7. The number of nitrogens with one attached hydrogen (secondary N) is 1. The molecule has 3 rings (SSSR count). The SMILES string of the molecule is O=C1OCC(OCCNCc2ccccc2)=C1c1ccc(O)cc1. The van der Waals surface area contributed by atoms with Gasteiger partial charge in [-0.3, -0.25) is 0 Å². The second-order valence-corrected chi connectivity index (χ2v) is 5.43. The van der Waals surface area contributed by atoms with E-state index in [0.717, 1.165) is 6.54 Å². The van der Waals surface area contributed by atoms with Crippen molar-refractivity contribution < 1.29 is 19.4 Å². The zero-order valence-corrected chi connectivity index (χ0v) is 13.2. The minimum Gasteiger partial charge on any atom is -0.508 e. The highest BCUT2D eigenvalue weighted by Gasteiger charge is 2.27. The molecule has 0 saturated carbocycles. The summed E-state index contributed by atoms with van der Waals surface area (Å²) in [6, 6.07) is 16.5. The minimum atomic E-state index is -0.395. The normalized spacial score (nSPS) is 13.9. The molecule has 0 fully saturated rings. The lowest BCUT2D eigenvalue weighted by molar-refractivity contribution is -0.134. The van der Waals surface area contributed by atoms with Gasteiger partial charge in [-0.2, -0.15) is 0 Å². The standard InChI is InChI=1S/C19H19NO4/c21-16-8-6-15(7-9-16)18-17(13-24-19(18)22)23-11-10-20-12-14-4-2-1-3-5-14/h1-9,20-21H,10-13H2. The van der Waals surface area contributed by atoms with Gasteiger partial charge in [-0.1, -0.05) is 42.5 Å². The van der Waals surface area contributed by atoms with Gasteiger partial charge in [0.25, 0.3) is 0 Å². The molecular weight excluding hydrogens is 306 g/mol. The average Bonchev–Trinajstić information content (AvgIpc) is 2.97. The Morgan fingerprint density at radius 2 is 1.83 bits per heavy atom. The maximum absolute atomic E-state index is 11.9. The molecule has 0 unspecified atom stereocenters. The van der Waals surface area contributed by atoms with E-state index in [1.165, 1.54) is 17.7 Å². The van der Waals surface area contributed by atoms with Crippen LogP contribution >= 0.6 is 0 Å². The summed E-state index contributed by atoms with van der Waals surface area (Å²) in [4.78, 5) is 11.9. The van der Waals surface area contributed by atoms with Crippen LogP contribution in [0.5, 0.6) is 5.75 Å². The van der Waals surface area contributed by atoms with E-state index < -0.39 is 5.97 Å². The predicted octanol–water partition coefficient (Wildman–Crippen LogP) is 2.47. The zero-order valence-electron chi connectivity index (χ0n) is 13.2. The van der Waals surface area contributed by atoms with Crippen LogP contribution in [0.15, 0.2) is 60.4 Å². The van der Waals surface area contributed by atoms with Gasteiger partial charge in [-0.15, -0.1) is 0 Å². The third-order valence-corrected chi connectivity index (χ3v) is 3.70. The number of phenols is 1. The molecule has 1 aliphatic rings. The van der Waals surface area contributed by atoms with E-state index in [1.54, 1.807) is 12.1 Å². The number of phenolic OH excluding ortho intramolecular Hbond substituents is 1. The van der Waals surface area contributed by atoms with Crippen LogP contribution in [0.25, 0.3) is 5.57 Å². The van der Waals surface area contributed by atoms with Gasteiger partial charge in [-0.05, 0) is 23.3 Å². The molecule has 0 aromatic heterocycles. The molecule has 0 saturated heterocycles. The zero-order chi connectivity index (χ0) is 16.8. The van der Waals surface area contributed by atoms with E-state index in [0.29, 0.717) is 30.0 Å². The molecule has 0 bridgehead atoms. The van der Waals surface area contributed by atoms with Crippen molar-refractivity contribution in [2.45, 2.75) is 6.54 Å². The molecule has 1 aliphatic heterocycles. The number of esters is 1. The quantitative estimate of drug-likeness (QED) is 0.605. The van der Waals surface area contributed by atoms with Gasteiger partial charge in [0.05, 0.1) is 0 Å². The Balaban J connectivity index is 1.54. The van der Waals surface area contributed by atoms with Crippen LogP contribution in [0, 0.1) is 0 Å². The molecule has 2 aromatic carbocycles. The van der Waals surface area contributed by atoms with Crippen LogP contribution in [0.1, 0.15) is 11.1 Å². The Morgan fingerprint density at radius 3 is 2.58 bits per heavy atom. The van der Waals surface area contributed by atoms with Gasteiger partial charge in [0, 0.05) is 13.1 Å². The first-order valence-electron chi connectivity index (χ1n) is 7.81. The molecule has 2 aromatic rings. The van der Waals surface area contributed by atoms with E-state index in [1.807, 2.05) is 18.2 Å². The second-order valence-electron chi connectivity index (χ2n) is 5.43. The number of cyclic esters (lactones) is 1. The molecule has 2 N–H and O–H groups in total. The van der Waals surface area contributed by atoms with Crippen molar-refractivity contribution in [3.05, 3.63) is 71.5 Å². The molecule has 0 aliphatic carbocycles. The summed E-state index contributed by atoms with van der Waals surface area (Å²) >= 11 is 0. The lowest BCUT2D eigenvalue weighted by atomic mass is 10.1. The number of ether oxygens (including phenoxy) is 2. The van der Waals surface area contributed by atoms with Crippen molar-refractivity contribution in [1.29, 1.82) is 0 Å². The average molecular weight is 325 g/mol. The third-order valence-electron chi connectivity index (χ3n) is 3.70. The molecule has 5 heteroatoms. The van der Waals surface area contributed by atoms with E-state index in [4.69, 9.17) is 9.47 Å². The Hall–Kier alpha value is -2.79. The van der Waals surface area contributed by atoms with Gasteiger partial charge < -0.3 is 19.9 Å². The number of hydrogen-bond acceptors (Lipinski definition) is 5. The lowest BCUT2D eigenvalue weighted by Crippen LogP contribution is -2.19. The summed E-state index contributed by atoms with van der Waals surface area (Å²) in [5.74, 6) is 0.290. The van der Waals surface area contributed by atoms with E-state index in [2.05, 4.69) is 17.4 Å². The van der Waals surface area contributed by atoms with E-state index in [-0.39, 0.29) is 12.4 Å². The molecule has 0 spiro atoms. The van der Waals surface area contributed by atoms with E-state index in [9.17, 15) is 9.90 Å². The highest BCUT2D eigenvalue weighted by Crippen LogP contribution is 2.27. The predicted molar refractivity (Wildman–Crippen MR) is 90.1 cm³/mol. The number of hydrogen-bond donors (Lipinski definition) is 2. The van der Waals surface area contributed by atoms with Gasteiger partial charge in [0.2, 0.25) is 0 Å². The highest BCUT2D eigenvalue weighted by molar-refractivity contribution is 6.18. The third kappa shape index (κ3) is 3.94. The van der Waals surface area contributed by atoms with Crippen molar-refractivity contribution in [3.8, 4) is 5.75 Å². The van der Waals surface area contributed by atoms with Crippen molar-refractivity contribution in [2.75, 3.05) is 19.8 Å². The Kier molecular flexibility index (Phi) is 5.13. The maximum atomic E-state index is 11.9. The highest BCUT2D eigenvalue weighted by atomic mass is 16.6. The number of carbonyl (C=O) groups excluding carboxylic acids is 1. The number of aromatic hydroxyl groups is 1. The van der Waals surface area contributed by atoms with Crippen molar-refractivity contribution in [1.82, 2.24) is 5.32 Å². The van der Waals surface area contributed by atoms with Crippen LogP contribution in [0.4, 0.5) is 0 Å². The summed E-state index contributed by atoms with van der Waals surface area (Å²) in [7, 11) is 0. The Bertz CT molecular complexity index is 723. The summed E-state index contributed by atoms with van der Waals surface area (Å²) in [6.07, 6.45) is 0. The topological polar surface area (TPSA) is 67.8 Å². The fraction of sp³-hybridized carbons (Fsp3) is 0.211. The molecule has 0 atom stereocenters. The first kappa shape index (κ1) is 16.1. The first-order chi connectivity index (χ1) is 11.7. The summed E-state index contributed by atoms with van der Waals surface area (Å²) < 4.78 is 10.8. The van der Waals surface area contributed by atoms with Crippen molar-refractivity contribution in [3.63, 3.8) is 0 Å². The fourth-order valence-electron chi connectivity index (χ4n) is 2.49.